The summed E-state index contributed by atoms with van der Waals surface area (Å²) < 4.78 is 11.4. The van der Waals surface area contributed by atoms with E-state index in [2.05, 4.69) is 0 Å². The second-order valence-corrected chi connectivity index (χ2v) is 7.49. The predicted molar refractivity (Wildman–Crippen MR) is 78.3 cm³/mol. The van der Waals surface area contributed by atoms with Crippen LogP contribution < -0.4 is 11.5 Å². The van der Waals surface area contributed by atoms with E-state index in [1.165, 1.54) is 10.8 Å². The number of carbonyl (C=O) groups is 1. The molecule has 1 amide bonds. The third-order valence-corrected chi connectivity index (χ3v) is 5.64. The Hall–Kier alpha value is -0.450. The molecule has 0 bridgehead atoms. The minimum atomic E-state index is -1.31. The molecule has 0 saturated carbocycles. The van der Waals surface area contributed by atoms with Crippen LogP contribution in [0.3, 0.4) is 0 Å². The number of primary amides is 1. The molecule has 0 aliphatic rings. The second kappa shape index (κ2) is 10.7. The van der Waals surface area contributed by atoms with Gasteiger partial charge in [-0.2, -0.15) is 0 Å². The Labute approximate surface area is 111 Å². The Morgan fingerprint density at radius 1 is 1.35 bits per heavy atom. The van der Waals surface area contributed by atoms with E-state index in [1.54, 1.807) is 10.8 Å². The molecular weight excluding hydrogens is 275 g/mol. The van der Waals surface area contributed by atoms with Crippen molar-refractivity contribution in [3.05, 3.63) is 23.3 Å². The van der Waals surface area contributed by atoms with Crippen molar-refractivity contribution in [3.63, 3.8) is 0 Å². The summed E-state index contributed by atoms with van der Waals surface area (Å²) in [5.74, 6) is 0.358. The van der Waals surface area contributed by atoms with Crippen LogP contribution in [0.15, 0.2) is 23.3 Å². The first-order valence-corrected chi connectivity index (χ1v) is 9.09. The van der Waals surface area contributed by atoms with Crippen LogP contribution in [0.2, 0.25) is 0 Å². The molecule has 1 atom stereocenters. The Morgan fingerprint density at radius 3 is 2.65 bits per heavy atom. The molecule has 0 heterocycles. The summed E-state index contributed by atoms with van der Waals surface area (Å²) in [7, 11) is 1.72. The Kier molecular flexibility index (Phi) is 10.4. The predicted octanol–water partition coefficient (Wildman–Crippen LogP) is 2.45. The average molecular weight is 293 g/mol. The van der Waals surface area contributed by atoms with E-state index in [9.17, 15) is 9.36 Å². The van der Waals surface area contributed by atoms with Gasteiger partial charge in [0.25, 0.3) is 0 Å². The Morgan fingerprint density at radius 2 is 2.06 bits per heavy atom. The van der Waals surface area contributed by atoms with E-state index < -0.39 is 13.7 Å². The maximum atomic E-state index is 11.4. The molecule has 4 nitrogen and oxygen atoms in total. The topological polar surface area (TPSA) is 86.2 Å². The van der Waals surface area contributed by atoms with Crippen LogP contribution in [0.4, 0.5) is 0 Å². The van der Waals surface area contributed by atoms with E-state index in [4.69, 9.17) is 11.5 Å². The zero-order valence-electron chi connectivity index (χ0n) is 9.80. The lowest BCUT2D eigenvalue weighted by Gasteiger charge is -1.96. The van der Waals surface area contributed by atoms with Crippen LogP contribution in [0, 0.1) is 0 Å². The fraction of sp³-hybridized carbons (Fsp3) is 0.500. The molecule has 96 valence electrons. The van der Waals surface area contributed by atoms with E-state index in [0.29, 0.717) is 12.3 Å². The second-order valence-electron chi connectivity index (χ2n) is 3.15. The third kappa shape index (κ3) is 11.8. The van der Waals surface area contributed by atoms with Crippen molar-refractivity contribution in [2.24, 2.45) is 11.5 Å². The van der Waals surface area contributed by atoms with Gasteiger partial charge in [-0.1, -0.05) is 27.5 Å². The first-order valence-electron chi connectivity index (χ1n) is 5.14. The van der Waals surface area contributed by atoms with Crippen molar-refractivity contribution in [2.45, 2.75) is 13.3 Å². The van der Waals surface area contributed by atoms with Crippen molar-refractivity contribution in [2.75, 3.05) is 18.1 Å². The van der Waals surface area contributed by atoms with Crippen molar-refractivity contribution in [1.82, 2.24) is 0 Å². The quantitative estimate of drug-likeness (QED) is 0.295. The van der Waals surface area contributed by atoms with Crippen LogP contribution in [-0.2, 0) is 9.36 Å². The molecule has 0 aromatic heterocycles. The van der Waals surface area contributed by atoms with Crippen LogP contribution in [0.1, 0.15) is 13.3 Å². The van der Waals surface area contributed by atoms with Gasteiger partial charge in [0, 0.05) is 5.75 Å². The molecule has 0 rings (SSSR count). The van der Waals surface area contributed by atoms with E-state index in [-0.39, 0.29) is 6.42 Å². The minimum Gasteiger partial charge on any atom is -0.393 e. The largest absolute Gasteiger partial charge is 0.393 e. The van der Waals surface area contributed by atoms with Gasteiger partial charge in [-0.3, -0.25) is 4.79 Å². The van der Waals surface area contributed by atoms with Gasteiger partial charge in [0.05, 0.1) is 11.4 Å². The summed E-state index contributed by atoms with van der Waals surface area (Å²) in [6.45, 7) is 1.92. The molecule has 0 aliphatic heterocycles. The molecule has 0 spiro atoms. The molecule has 0 aromatic carbocycles. The number of hydrogen-bond donors (Lipinski definition) is 2. The molecule has 0 aromatic rings. The van der Waals surface area contributed by atoms with Gasteiger partial charge in [0.2, 0.25) is 5.91 Å². The summed E-state index contributed by atoms with van der Waals surface area (Å²) in [5.41, 5.74) is 10.7. The molecule has 0 fully saturated rings. The minimum absolute atomic E-state index is 0.205. The van der Waals surface area contributed by atoms with Gasteiger partial charge >= 0.3 is 7.80 Å². The molecule has 17 heavy (non-hydrogen) atoms. The molecular formula is C10H18N2O2PS2+. The Bertz CT molecular complexity index is 319. The smallest absolute Gasteiger partial charge is 0.340 e. The van der Waals surface area contributed by atoms with Crippen molar-refractivity contribution >= 4 is 35.3 Å². The lowest BCUT2D eigenvalue weighted by atomic mass is 10.5. The first-order chi connectivity index (χ1) is 8.06. The number of allylic oxidation sites excluding steroid dienone is 3. The van der Waals surface area contributed by atoms with E-state index in [0.717, 1.165) is 10.8 Å². The molecule has 0 aliphatic carbocycles. The van der Waals surface area contributed by atoms with Gasteiger partial charge < -0.3 is 11.5 Å². The van der Waals surface area contributed by atoms with Crippen LogP contribution in [0.5, 0.6) is 0 Å². The standard InChI is InChI=1S/C10H17N2O2PS2/c1-2-3-4-10(12)17-16-8-7-15(14)6-5-9(11)13/h2-4H,5-8,12H2,1H3,(H-,11,13)/p+1/b3-2-,10-4+. The summed E-state index contributed by atoms with van der Waals surface area (Å²) in [5, 5.41) is 0.723. The molecule has 1 unspecified atom stereocenters. The Balaban J connectivity index is 3.57. The maximum absolute atomic E-state index is 11.4. The third-order valence-electron chi connectivity index (χ3n) is 1.64. The maximum Gasteiger partial charge on any atom is 0.340 e. The number of rotatable bonds is 9. The monoisotopic (exact) mass is 293 g/mol. The molecule has 0 radical (unpaired) electrons. The van der Waals surface area contributed by atoms with Gasteiger partial charge in [0.1, 0.15) is 0 Å². The fourth-order valence-electron chi connectivity index (χ4n) is 0.814. The molecule has 0 saturated heterocycles. The van der Waals surface area contributed by atoms with E-state index >= 15 is 0 Å². The summed E-state index contributed by atoms with van der Waals surface area (Å²) in [6.07, 6.45) is 6.78. The summed E-state index contributed by atoms with van der Waals surface area (Å²) in [6, 6.07) is 0. The zero-order valence-corrected chi connectivity index (χ0v) is 12.3. The lowest BCUT2D eigenvalue weighted by Crippen LogP contribution is -2.11. The van der Waals surface area contributed by atoms with Crippen LogP contribution in [0.25, 0.3) is 0 Å². The molecule has 7 heteroatoms. The lowest BCUT2D eigenvalue weighted by molar-refractivity contribution is -0.117. The highest BCUT2D eigenvalue weighted by molar-refractivity contribution is 8.78. The van der Waals surface area contributed by atoms with Crippen LogP contribution in [-0.4, -0.2) is 24.0 Å². The van der Waals surface area contributed by atoms with Crippen LogP contribution >= 0.6 is 29.4 Å². The zero-order chi connectivity index (χ0) is 13.1. The number of carbonyl (C=O) groups excluding carboxylic acids is 1. The average Bonchev–Trinajstić information content (AvgIpc) is 2.29. The highest BCUT2D eigenvalue weighted by Gasteiger charge is 2.15. The van der Waals surface area contributed by atoms with Crippen molar-refractivity contribution in [3.8, 4) is 0 Å². The molecule has 4 N–H and O–H groups in total. The summed E-state index contributed by atoms with van der Waals surface area (Å²) >= 11 is 0. The van der Waals surface area contributed by atoms with Gasteiger partial charge in [-0.05, 0) is 23.8 Å². The SMILES string of the molecule is C/C=C\C=C(/N)SSCC[P+](=O)CCC(N)=O. The van der Waals surface area contributed by atoms with Gasteiger partial charge in [0.15, 0.2) is 12.3 Å². The van der Waals surface area contributed by atoms with E-state index in [1.807, 2.05) is 25.2 Å². The normalized spacial score (nSPS) is 13.0. The highest BCUT2D eigenvalue weighted by Crippen LogP contribution is 2.30. The number of hydrogen-bond acceptors (Lipinski definition) is 5. The van der Waals surface area contributed by atoms with Gasteiger partial charge in [-0.25, -0.2) is 0 Å². The number of nitrogens with two attached hydrogens (primary N) is 2. The van der Waals surface area contributed by atoms with Crippen molar-refractivity contribution < 1.29 is 9.36 Å². The van der Waals surface area contributed by atoms with Crippen molar-refractivity contribution in [1.29, 1.82) is 0 Å². The van der Waals surface area contributed by atoms with Gasteiger partial charge in [-0.15, -0.1) is 0 Å². The number of amides is 1. The highest BCUT2D eigenvalue weighted by atomic mass is 33.1. The first kappa shape index (κ1) is 16.6. The fourth-order valence-corrected chi connectivity index (χ4v) is 4.47. The summed E-state index contributed by atoms with van der Waals surface area (Å²) in [4.78, 5) is 10.5.